The summed E-state index contributed by atoms with van der Waals surface area (Å²) in [5.74, 6) is 0.907. The number of esters is 4. The number of carbonyl (C=O) groups is 4. The molecule has 0 aliphatic rings. The van der Waals surface area contributed by atoms with Gasteiger partial charge in [0.15, 0.2) is 12.2 Å². The van der Waals surface area contributed by atoms with Crippen LogP contribution in [0.1, 0.15) is 344 Å². The summed E-state index contributed by atoms with van der Waals surface area (Å²) in [7, 11) is -9.90. The van der Waals surface area contributed by atoms with Gasteiger partial charge in [-0.05, 0) is 49.4 Å². The van der Waals surface area contributed by atoms with E-state index in [1.54, 1.807) is 0 Å². The number of phosphoric acid groups is 2. The third kappa shape index (κ3) is 62.0. The van der Waals surface area contributed by atoms with E-state index in [9.17, 15) is 43.2 Å². The highest BCUT2D eigenvalue weighted by molar-refractivity contribution is 7.47. The van der Waals surface area contributed by atoms with Crippen LogP contribution in [0.5, 0.6) is 0 Å². The van der Waals surface area contributed by atoms with Gasteiger partial charge in [-0.25, -0.2) is 9.13 Å². The molecule has 0 fully saturated rings. The second kappa shape index (κ2) is 59.8. The van der Waals surface area contributed by atoms with Gasteiger partial charge < -0.3 is 33.8 Å². The first-order chi connectivity index (χ1) is 42.7. The summed E-state index contributed by atoms with van der Waals surface area (Å²) in [6, 6.07) is 0. The lowest BCUT2D eigenvalue weighted by atomic mass is 9.99. The molecule has 0 aliphatic carbocycles. The average molecular weight is 1310 g/mol. The minimum Gasteiger partial charge on any atom is -0.462 e. The second-order valence-corrected chi connectivity index (χ2v) is 29.6. The van der Waals surface area contributed by atoms with E-state index < -0.39 is 97.5 Å². The molecule has 19 heteroatoms. The Morgan fingerprint density at radius 2 is 0.539 bits per heavy atom. The van der Waals surface area contributed by atoms with Crippen molar-refractivity contribution in [2.24, 2.45) is 23.7 Å². The largest absolute Gasteiger partial charge is 0.472 e. The van der Waals surface area contributed by atoms with Crippen LogP contribution in [0.25, 0.3) is 0 Å². The lowest BCUT2D eigenvalue weighted by molar-refractivity contribution is -0.161. The van der Waals surface area contributed by atoms with E-state index in [4.69, 9.17) is 37.0 Å². The number of hydrogen-bond donors (Lipinski definition) is 3. The predicted octanol–water partition coefficient (Wildman–Crippen LogP) is 19.7. The first-order valence-corrected chi connectivity index (χ1v) is 39.3. The van der Waals surface area contributed by atoms with E-state index in [2.05, 4.69) is 55.4 Å². The van der Waals surface area contributed by atoms with Gasteiger partial charge in [0.2, 0.25) is 0 Å². The zero-order valence-electron chi connectivity index (χ0n) is 58.1. The number of ether oxygens (including phenoxy) is 4. The SMILES string of the molecule is CCC(C)CCCCCCCCCCCCC(=O)O[C@H](COC(=O)CCCCCCCCCC(C)C)COP(=O)(O)OCC(O)COP(=O)(O)OC[C@@H](COC(=O)CCCCCCCCCCC(C)CC)OC(=O)CCCCCCCCCCCCC(C)C. The van der Waals surface area contributed by atoms with E-state index in [1.165, 1.54) is 141 Å². The van der Waals surface area contributed by atoms with Crippen LogP contribution < -0.4 is 0 Å². The molecule has 17 nitrogen and oxygen atoms in total. The minimum atomic E-state index is -4.95. The molecule has 0 saturated carbocycles. The maximum absolute atomic E-state index is 13.0. The molecule has 0 aromatic carbocycles. The fraction of sp³-hybridized carbons (Fsp3) is 0.943. The van der Waals surface area contributed by atoms with Crippen molar-refractivity contribution in [1.82, 2.24) is 0 Å². The summed E-state index contributed by atoms with van der Waals surface area (Å²) in [5.41, 5.74) is 0. The van der Waals surface area contributed by atoms with Crippen LogP contribution in [0.2, 0.25) is 0 Å². The van der Waals surface area contributed by atoms with E-state index in [0.717, 1.165) is 114 Å². The third-order valence-electron chi connectivity index (χ3n) is 16.8. The molecule has 0 aliphatic heterocycles. The molecule has 5 unspecified atom stereocenters. The molecule has 3 N–H and O–H groups in total. The quantitative estimate of drug-likeness (QED) is 0.0222. The lowest BCUT2D eigenvalue weighted by Crippen LogP contribution is -2.30. The van der Waals surface area contributed by atoms with Gasteiger partial charge in [-0.2, -0.15) is 0 Å². The molecule has 0 saturated heterocycles. The van der Waals surface area contributed by atoms with Crippen molar-refractivity contribution < 1.29 is 80.2 Å². The fourth-order valence-corrected chi connectivity index (χ4v) is 12.0. The predicted molar refractivity (Wildman–Crippen MR) is 358 cm³/mol. The molecule has 0 bridgehead atoms. The van der Waals surface area contributed by atoms with Crippen molar-refractivity contribution >= 4 is 39.5 Å². The van der Waals surface area contributed by atoms with E-state index in [1.807, 2.05) is 0 Å². The van der Waals surface area contributed by atoms with E-state index >= 15 is 0 Å². The first kappa shape index (κ1) is 87.1. The highest BCUT2D eigenvalue weighted by Crippen LogP contribution is 2.45. The number of aliphatic hydroxyl groups is 1. The smallest absolute Gasteiger partial charge is 0.462 e. The maximum Gasteiger partial charge on any atom is 0.472 e. The van der Waals surface area contributed by atoms with Crippen LogP contribution in [0.3, 0.4) is 0 Å². The maximum atomic E-state index is 13.0. The molecular weight excluding hydrogens is 1170 g/mol. The Morgan fingerprint density at radius 3 is 0.798 bits per heavy atom. The summed E-state index contributed by atoms with van der Waals surface area (Å²) in [6.07, 6.45) is 41.6. The highest BCUT2D eigenvalue weighted by Gasteiger charge is 2.30. The third-order valence-corrected chi connectivity index (χ3v) is 18.7. The van der Waals surface area contributed by atoms with Crippen molar-refractivity contribution in [3.8, 4) is 0 Å². The Balaban J connectivity index is 5.27. The molecule has 0 radical (unpaired) electrons. The Morgan fingerprint density at radius 1 is 0.315 bits per heavy atom. The molecule has 0 aromatic heterocycles. The van der Waals surface area contributed by atoms with Crippen molar-refractivity contribution in [3.63, 3.8) is 0 Å². The van der Waals surface area contributed by atoms with Crippen LogP contribution in [0.15, 0.2) is 0 Å². The van der Waals surface area contributed by atoms with Gasteiger partial charge >= 0.3 is 39.5 Å². The van der Waals surface area contributed by atoms with Gasteiger partial charge in [0.1, 0.15) is 19.3 Å². The normalized spacial score (nSPS) is 14.9. The summed E-state index contributed by atoms with van der Waals surface area (Å²) in [6.45, 7) is 14.1. The Labute approximate surface area is 543 Å². The van der Waals surface area contributed by atoms with Crippen LogP contribution >= 0.6 is 15.6 Å². The molecule has 0 aromatic rings. The molecule has 0 amide bonds. The zero-order valence-corrected chi connectivity index (χ0v) is 59.8. The number of unbranched alkanes of at least 4 members (excludes halogenated alkanes) is 31. The lowest BCUT2D eigenvalue weighted by Gasteiger charge is -2.21. The van der Waals surface area contributed by atoms with Crippen molar-refractivity contribution in [2.45, 2.75) is 363 Å². The van der Waals surface area contributed by atoms with E-state index in [0.29, 0.717) is 31.6 Å². The average Bonchev–Trinajstić information content (AvgIpc) is 3.66. The first-order valence-electron chi connectivity index (χ1n) is 36.3. The zero-order chi connectivity index (χ0) is 66.1. The standard InChI is InChI=1S/C70H136O17P2/c1-9-62(7)48-40-32-24-16-12-14-18-28-37-45-53-70(75)87-66(57-81-68(73)51-43-35-29-21-23-31-39-47-61(5)6)59-85-89(78,79)83-55-64(71)54-82-88(76,77)84-58-65(56-80-67(72)50-42-34-26-20-19-25-33-41-49-63(8)10-2)86-69(74)52-44-36-27-17-13-11-15-22-30-38-46-60(3)4/h60-66,71H,9-59H2,1-8H3,(H,76,77)(H,78,79)/t62?,63?,64?,65-,66-/m1/s1. The van der Waals surface area contributed by atoms with Gasteiger partial charge in [0.05, 0.1) is 26.4 Å². The second-order valence-electron chi connectivity index (χ2n) is 26.7. The van der Waals surface area contributed by atoms with Crippen molar-refractivity contribution in [3.05, 3.63) is 0 Å². The molecule has 7 atom stereocenters. The topological polar surface area (TPSA) is 237 Å². The monoisotopic (exact) mass is 1310 g/mol. The molecule has 528 valence electrons. The van der Waals surface area contributed by atoms with Crippen LogP contribution in [-0.2, 0) is 65.4 Å². The van der Waals surface area contributed by atoms with Crippen molar-refractivity contribution in [1.29, 1.82) is 0 Å². The number of carbonyl (C=O) groups excluding carboxylic acids is 4. The highest BCUT2D eigenvalue weighted by atomic mass is 31.2. The van der Waals surface area contributed by atoms with E-state index in [-0.39, 0.29) is 25.7 Å². The van der Waals surface area contributed by atoms with Crippen LogP contribution in [0.4, 0.5) is 0 Å². The van der Waals surface area contributed by atoms with Gasteiger partial charge in [0.25, 0.3) is 0 Å². The Kier molecular flexibility index (Phi) is 58.5. The minimum absolute atomic E-state index is 0.105. The molecule has 89 heavy (non-hydrogen) atoms. The number of rotatable bonds is 67. The van der Waals surface area contributed by atoms with Crippen LogP contribution in [-0.4, -0.2) is 96.7 Å². The summed E-state index contributed by atoms with van der Waals surface area (Å²) < 4.78 is 68.3. The Hall–Kier alpha value is -1.94. The molecule has 0 heterocycles. The summed E-state index contributed by atoms with van der Waals surface area (Å²) in [4.78, 5) is 72.5. The van der Waals surface area contributed by atoms with Gasteiger partial charge in [0, 0.05) is 25.7 Å². The van der Waals surface area contributed by atoms with Gasteiger partial charge in [-0.15, -0.1) is 0 Å². The molecule has 0 spiro atoms. The van der Waals surface area contributed by atoms with Crippen molar-refractivity contribution in [2.75, 3.05) is 39.6 Å². The fourth-order valence-electron chi connectivity index (χ4n) is 10.4. The van der Waals surface area contributed by atoms with Gasteiger partial charge in [-0.3, -0.25) is 37.3 Å². The molecule has 0 rings (SSSR count). The van der Waals surface area contributed by atoms with Crippen LogP contribution in [0, 0.1) is 23.7 Å². The number of phosphoric ester groups is 2. The Bertz CT molecular complexity index is 1770. The number of aliphatic hydroxyl groups excluding tert-OH is 1. The number of hydrogen-bond acceptors (Lipinski definition) is 15. The summed E-state index contributed by atoms with van der Waals surface area (Å²) in [5, 5.41) is 10.6. The van der Waals surface area contributed by atoms with Gasteiger partial charge in [-0.1, -0.05) is 293 Å². The summed E-state index contributed by atoms with van der Waals surface area (Å²) >= 11 is 0. The molecular formula is C70H136O17P2.